The first-order valence-electron chi connectivity index (χ1n) is 8.70. The summed E-state index contributed by atoms with van der Waals surface area (Å²) in [7, 11) is 0. The monoisotopic (exact) mass is 368 g/mol. The van der Waals surface area contributed by atoms with E-state index in [0.29, 0.717) is 28.2 Å². The number of aromatic hydroxyl groups is 1. The first-order chi connectivity index (χ1) is 12.7. The van der Waals surface area contributed by atoms with Crippen LogP contribution in [0, 0.1) is 0 Å². The van der Waals surface area contributed by atoms with Crippen LogP contribution in [0.5, 0.6) is 5.75 Å². The summed E-state index contributed by atoms with van der Waals surface area (Å²) >= 11 is 5.95. The van der Waals surface area contributed by atoms with Gasteiger partial charge in [0.2, 0.25) is 0 Å². The van der Waals surface area contributed by atoms with Gasteiger partial charge in [-0.05, 0) is 43.5 Å². The van der Waals surface area contributed by atoms with Gasteiger partial charge in [-0.25, -0.2) is 0 Å². The Morgan fingerprint density at radius 3 is 2.85 bits per heavy atom. The van der Waals surface area contributed by atoms with Crippen LogP contribution < -0.4 is 5.32 Å². The highest BCUT2D eigenvalue weighted by Gasteiger charge is 2.41. The van der Waals surface area contributed by atoms with Gasteiger partial charge in [0, 0.05) is 33.8 Å². The van der Waals surface area contributed by atoms with E-state index in [1.807, 2.05) is 6.07 Å². The molecule has 26 heavy (non-hydrogen) atoms. The largest absolute Gasteiger partial charge is 0.507 e. The van der Waals surface area contributed by atoms with Crippen LogP contribution in [0.2, 0.25) is 5.02 Å². The highest BCUT2D eigenvalue weighted by Crippen LogP contribution is 2.38. The molecule has 1 aromatic carbocycles. The summed E-state index contributed by atoms with van der Waals surface area (Å²) in [6.07, 6.45) is 7.32. The van der Waals surface area contributed by atoms with Crippen molar-refractivity contribution in [2.75, 3.05) is 5.32 Å². The average molecular weight is 369 g/mol. The number of benzene rings is 1. The van der Waals surface area contributed by atoms with Gasteiger partial charge in [-0.2, -0.15) is 0 Å². The number of nitrogens with one attached hydrogen (secondary N) is 1. The summed E-state index contributed by atoms with van der Waals surface area (Å²) < 4.78 is 5.92. The molecule has 2 aliphatic heterocycles. The Bertz CT molecular complexity index is 996. The summed E-state index contributed by atoms with van der Waals surface area (Å²) in [5.41, 5.74) is 1.19. The number of phenols is 1. The van der Waals surface area contributed by atoms with E-state index in [1.165, 1.54) is 6.07 Å². The second kappa shape index (κ2) is 6.07. The van der Waals surface area contributed by atoms with Gasteiger partial charge in [0.05, 0.1) is 18.2 Å². The molecule has 0 aliphatic carbocycles. The standard InChI is InChI=1S/C19H17ClN4O2/c20-10-1-3-13(16(25)7-10)18-12-5-6-21-9-14(12)19(24-23-18)22-15-8-11-2-4-17(15)26-11/h1,3,5-7,9,11,15,17,25H,2,4,8H2,(H,22,24)/t11-,15?,17+/m1/s1. The SMILES string of the molecule is Oc1cc(Cl)ccc1-c1nnc(NC2C[C@H]3CC[C@@H]2O3)c2cnccc12. The van der Waals surface area contributed by atoms with Crippen molar-refractivity contribution in [3.8, 4) is 17.0 Å². The van der Waals surface area contributed by atoms with E-state index in [-0.39, 0.29) is 17.9 Å². The Kier molecular flexibility index (Phi) is 3.69. The molecule has 3 aromatic rings. The van der Waals surface area contributed by atoms with Gasteiger partial charge < -0.3 is 15.2 Å². The molecule has 0 radical (unpaired) electrons. The number of pyridine rings is 1. The minimum Gasteiger partial charge on any atom is -0.507 e. The highest BCUT2D eigenvalue weighted by atomic mass is 35.5. The number of hydrogen-bond acceptors (Lipinski definition) is 6. The normalized spacial score (nSPS) is 24.3. The number of rotatable bonds is 3. The molecule has 0 saturated carbocycles. The molecule has 7 heteroatoms. The van der Waals surface area contributed by atoms with Gasteiger partial charge >= 0.3 is 0 Å². The van der Waals surface area contributed by atoms with Crippen LogP contribution in [-0.2, 0) is 4.74 Å². The van der Waals surface area contributed by atoms with Crippen LogP contribution in [0.25, 0.3) is 22.0 Å². The molecule has 2 fully saturated rings. The molecule has 4 heterocycles. The molecule has 1 unspecified atom stereocenters. The number of phenolic OH excluding ortho intramolecular Hbond substituents is 1. The fourth-order valence-electron chi connectivity index (χ4n) is 3.97. The van der Waals surface area contributed by atoms with Gasteiger partial charge in [-0.1, -0.05) is 11.6 Å². The smallest absolute Gasteiger partial charge is 0.158 e. The third kappa shape index (κ3) is 2.57. The van der Waals surface area contributed by atoms with Gasteiger partial charge in [0.15, 0.2) is 5.82 Å². The number of halogens is 1. The number of anilines is 1. The molecule has 132 valence electrons. The van der Waals surface area contributed by atoms with Crippen molar-refractivity contribution in [3.05, 3.63) is 41.7 Å². The number of hydrogen-bond donors (Lipinski definition) is 2. The van der Waals surface area contributed by atoms with Crippen LogP contribution in [0.4, 0.5) is 5.82 Å². The zero-order chi connectivity index (χ0) is 17.7. The summed E-state index contributed by atoms with van der Waals surface area (Å²) in [5, 5.41) is 24.8. The molecule has 2 aromatic heterocycles. The van der Waals surface area contributed by atoms with Crippen LogP contribution in [0.3, 0.4) is 0 Å². The van der Waals surface area contributed by atoms with Gasteiger partial charge in [-0.15, -0.1) is 10.2 Å². The van der Waals surface area contributed by atoms with Crippen molar-refractivity contribution < 1.29 is 9.84 Å². The maximum absolute atomic E-state index is 10.3. The maximum Gasteiger partial charge on any atom is 0.158 e. The van der Waals surface area contributed by atoms with Crippen molar-refractivity contribution >= 4 is 28.2 Å². The van der Waals surface area contributed by atoms with Gasteiger partial charge in [0.25, 0.3) is 0 Å². The molecule has 3 atom stereocenters. The Hall–Kier alpha value is -2.44. The lowest BCUT2D eigenvalue weighted by Gasteiger charge is -2.21. The zero-order valence-corrected chi connectivity index (χ0v) is 14.6. The molecule has 5 rings (SSSR count). The molecular weight excluding hydrogens is 352 g/mol. The van der Waals surface area contributed by atoms with Crippen molar-refractivity contribution in [1.82, 2.24) is 15.2 Å². The quantitative estimate of drug-likeness (QED) is 0.732. The predicted octanol–water partition coefficient (Wildman–Crippen LogP) is 3.78. The lowest BCUT2D eigenvalue weighted by Crippen LogP contribution is -2.31. The van der Waals surface area contributed by atoms with E-state index in [0.717, 1.165) is 30.0 Å². The van der Waals surface area contributed by atoms with Crippen LogP contribution >= 0.6 is 11.6 Å². The molecule has 2 aliphatic rings. The Labute approximate surface area is 155 Å². The average Bonchev–Trinajstić information content (AvgIpc) is 3.26. The fourth-order valence-corrected chi connectivity index (χ4v) is 4.14. The van der Waals surface area contributed by atoms with Crippen LogP contribution in [0.1, 0.15) is 19.3 Å². The molecule has 6 nitrogen and oxygen atoms in total. The lowest BCUT2D eigenvalue weighted by atomic mass is 9.95. The molecule has 2 N–H and O–H groups in total. The molecule has 2 saturated heterocycles. The van der Waals surface area contributed by atoms with Crippen molar-refractivity contribution in [2.45, 2.75) is 37.5 Å². The summed E-state index contributed by atoms with van der Waals surface area (Å²) in [6, 6.07) is 7.11. The Morgan fingerprint density at radius 1 is 1.15 bits per heavy atom. The third-order valence-corrected chi connectivity index (χ3v) is 5.46. The van der Waals surface area contributed by atoms with Crippen LogP contribution in [-0.4, -0.2) is 38.5 Å². The van der Waals surface area contributed by atoms with E-state index >= 15 is 0 Å². The zero-order valence-electron chi connectivity index (χ0n) is 13.9. The van der Waals surface area contributed by atoms with E-state index in [2.05, 4.69) is 20.5 Å². The second-order valence-corrected chi connectivity index (χ2v) is 7.28. The Morgan fingerprint density at radius 2 is 2.08 bits per heavy atom. The number of ether oxygens (including phenoxy) is 1. The van der Waals surface area contributed by atoms with Crippen molar-refractivity contribution in [2.24, 2.45) is 0 Å². The van der Waals surface area contributed by atoms with Crippen molar-refractivity contribution in [3.63, 3.8) is 0 Å². The number of fused-ring (bicyclic) bond motifs is 3. The minimum atomic E-state index is 0.0760. The first kappa shape index (κ1) is 15.8. The molecule has 2 bridgehead atoms. The van der Waals surface area contributed by atoms with E-state index in [1.54, 1.807) is 24.5 Å². The molecule has 0 spiro atoms. The second-order valence-electron chi connectivity index (χ2n) is 6.84. The fraction of sp³-hybridized carbons (Fsp3) is 0.316. The van der Waals surface area contributed by atoms with E-state index < -0.39 is 0 Å². The topological polar surface area (TPSA) is 80.2 Å². The van der Waals surface area contributed by atoms with E-state index in [4.69, 9.17) is 16.3 Å². The van der Waals surface area contributed by atoms with Crippen molar-refractivity contribution in [1.29, 1.82) is 0 Å². The summed E-state index contributed by atoms with van der Waals surface area (Å²) in [5.74, 6) is 0.776. The highest BCUT2D eigenvalue weighted by molar-refractivity contribution is 6.30. The predicted molar refractivity (Wildman–Crippen MR) is 99.4 cm³/mol. The number of nitrogens with zero attached hydrogens (tertiary/aromatic N) is 3. The third-order valence-electron chi connectivity index (χ3n) is 5.22. The van der Waals surface area contributed by atoms with Gasteiger partial charge in [-0.3, -0.25) is 4.98 Å². The first-order valence-corrected chi connectivity index (χ1v) is 9.08. The van der Waals surface area contributed by atoms with E-state index in [9.17, 15) is 5.11 Å². The summed E-state index contributed by atoms with van der Waals surface area (Å²) in [4.78, 5) is 4.24. The molecule has 0 amide bonds. The molecular formula is C19H17ClN4O2. The summed E-state index contributed by atoms with van der Waals surface area (Å²) in [6.45, 7) is 0. The number of aromatic nitrogens is 3. The Balaban J connectivity index is 1.58. The van der Waals surface area contributed by atoms with Gasteiger partial charge in [0.1, 0.15) is 11.4 Å². The maximum atomic E-state index is 10.3. The van der Waals surface area contributed by atoms with Crippen LogP contribution in [0.15, 0.2) is 36.7 Å². The minimum absolute atomic E-state index is 0.0760. The lowest BCUT2D eigenvalue weighted by molar-refractivity contribution is 0.102.